The van der Waals surface area contributed by atoms with Crippen LogP contribution in [0.5, 0.6) is 0 Å². The molecule has 0 heterocycles. The summed E-state index contributed by atoms with van der Waals surface area (Å²) in [5.74, 6) is -0.136. The second-order valence-electron chi connectivity index (χ2n) is 18.4. The van der Waals surface area contributed by atoms with Crippen molar-refractivity contribution in [2.24, 2.45) is 0 Å². The Bertz CT molecular complexity index is 762. The molecule has 0 rings (SSSR count). The van der Waals surface area contributed by atoms with Crippen LogP contribution in [0.1, 0.15) is 303 Å². The molecule has 3 unspecified atom stereocenters. The molecule has 0 aromatic heterocycles. The number of hydrogen-bond donors (Lipinski definition) is 4. The van der Waals surface area contributed by atoms with Gasteiger partial charge in [0.05, 0.1) is 18.8 Å². The quantitative estimate of drug-likeness (QED) is 0.0461. The van der Waals surface area contributed by atoms with Crippen molar-refractivity contribution in [1.82, 2.24) is 5.32 Å². The lowest BCUT2D eigenvalue weighted by molar-refractivity contribution is -0.124. The summed E-state index contributed by atoms with van der Waals surface area (Å²) >= 11 is 0. The van der Waals surface area contributed by atoms with E-state index in [9.17, 15) is 20.1 Å². The maximum atomic E-state index is 12.5. The van der Waals surface area contributed by atoms with E-state index in [1.807, 2.05) is 0 Å². The minimum Gasteiger partial charge on any atom is -0.394 e. The van der Waals surface area contributed by atoms with E-state index in [0.717, 1.165) is 32.1 Å². The highest BCUT2D eigenvalue weighted by Gasteiger charge is 2.26. The van der Waals surface area contributed by atoms with Gasteiger partial charge in [-0.1, -0.05) is 284 Å². The minimum atomic E-state index is -1.13. The van der Waals surface area contributed by atoms with E-state index in [2.05, 4.69) is 19.2 Å². The molecule has 342 valence electrons. The van der Waals surface area contributed by atoms with Gasteiger partial charge in [-0.3, -0.25) is 4.79 Å². The fraction of sp³-hybridized carbons (Fsp3) is 0.981. The zero-order valence-corrected chi connectivity index (χ0v) is 39.0. The summed E-state index contributed by atoms with van der Waals surface area (Å²) in [5, 5.41) is 33.7. The zero-order chi connectivity index (χ0) is 41.5. The molecule has 0 spiro atoms. The number of nitrogens with one attached hydrogen (secondary N) is 1. The lowest BCUT2D eigenvalue weighted by atomic mass is 9.99. The number of carbonyl (C=O) groups is 1. The predicted octanol–water partition coefficient (Wildman–Crippen LogP) is 15.8. The van der Waals surface area contributed by atoms with E-state index in [-0.39, 0.29) is 12.5 Å². The number of aliphatic hydroxyl groups excluding tert-OH is 3. The highest BCUT2D eigenvalue weighted by Crippen LogP contribution is 2.18. The fourth-order valence-corrected chi connectivity index (χ4v) is 8.64. The summed E-state index contributed by atoms with van der Waals surface area (Å²) in [5.41, 5.74) is 0. The Kier molecular flexibility index (Phi) is 47.5. The summed E-state index contributed by atoms with van der Waals surface area (Å²) in [6.45, 7) is 4.22. The molecular formula is C52H105NO4. The van der Waals surface area contributed by atoms with Gasteiger partial charge in [0.1, 0.15) is 6.10 Å². The molecule has 4 N–H and O–H groups in total. The first-order valence-corrected chi connectivity index (χ1v) is 26.3. The Hall–Kier alpha value is -0.650. The minimum absolute atomic E-state index is 0.136. The average molecular weight is 808 g/mol. The number of rotatable bonds is 49. The van der Waals surface area contributed by atoms with Crippen molar-refractivity contribution < 1.29 is 20.1 Å². The van der Waals surface area contributed by atoms with Crippen molar-refractivity contribution in [2.75, 3.05) is 6.61 Å². The van der Waals surface area contributed by atoms with Crippen LogP contribution in [0.4, 0.5) is 0 Å². The molecule has 0 aliphatic carbocycles. The van der Waals surface area contributed by atoms with E-state index >= 15 is 0 Å². The van der Waals surface area contributed by atoms with Gasteiger partial charge < -0.3 is 20.6 Å². The molecule has 1 amide bonds. The van der Waals surface area contributed by atoms with Gasteiger partial charge in [-0.15, -0.1) is 0 Å². The Morgan fingerprint density at radius 2 is 0.596 bits per heavy atom. The second kappa shape index (κ2) is 48.0. The molecule has 5 heteroatoms. The first kappa shape index (κ1) is 56.4. The van der Waals surface area contributed by atoms with Gasteiger partial charge >= 0.3 is 0 Å². The summed E-state index contributed by atoms with van der Waals surface area (Å²) in [7, 11) is 0. The van der Waals surface area contributed by atoms with Crippen LogP contribution < -0.4 is 5.32 Å². The van der Waals surface area contributed by atoms with E-state index in [1.165, 1.54) is 244 Å². The van der Waals surface area contributed by atoms with E-state index in [0.29, 0.717) is 12.8 Å². The molecule has 0 bridgehead atoms. The summed E-state index contributed by atoms with van der Waals surface area (Å²) in [6, 6.07) is -0.804. The van der Waals surface area contributed by atoms with Crippen molar-refractivity contribution in [1.29, 1.82) is 0 Å². The lowest BCUT2D eigenvalue weighted by Gasteiger charge is -2.26. The van der Waals surface area contributed by atoms with Gasteiger partial charge in [-0.05, 0) is 12.8 Å². The smallest absolute Gasteiger partial charge is 0.220 e. The molecule has 0 radical (unpaired) electrons. The molecule has 57 heavy (non-hydrogen) atoms. The third kappa shape index (κ3) is 43.3. The van der Waals surface area contributed by atoms with E-state index < -0.39 is 18.2 Å². The maximum Gasteiger partial charge on any atom is 0.220 e. The molecule has 0 aromatic rings. The first-order valence-electron chi connectivity index (χ1n) is 26.3. The number of carbonyl (C=O) groups excluding carboxylic acids is 1. The van der Waals surface area contributed by atoms with Gasteiger partial charge in [0.2, 0.25) is 5.91 Å². The van der Waals surface area contributed by atoms with E-state index in [1.54, 1.807) is 0 Å². The van der Waals surface area contributed by atoms with Gasteiger partial charge in [-0.2, -0.15) is 0 Å². The summed E-state index contributed by atoms with van der Waals surface area (Å²) < 4.78 is 0. The van der Waals surface area contributed by atoms with Gasteiger partial charge in [-0.25, -0.2) is 0 Å². The van der Waals surface area contributed by atoms with Crippen LogP contribution in [0.3, 0.4) is 0 Å². The van der Waals surface area contributed by atoms with Crippen LogP contribution in [0.2, 0.25) is 0 Å². The van der Waals surface area contributed by atoms with Crippen LogP contribution in [-0.4, -0.2) is 46.1 Å². The standard InChI is InChI=1S/C52H105NO4/c1-3-5-7-9-11-13-15-17-19-21-23-24-25-26-27-29-31-33-35-37-39-41-43-45-47-51(56)53-49(48-54)52(57)50(55)46-44-42-40-38-36-34-32-30-28-22-20-18-16-14-12-10-8-6-4-2/h49-50,52,54-55,57H,3-48H2,1-2H3,(H,53,56). The number of amides is 1. The van der Waals surface area contributed by atoms with E-state index in [4.69, 9.17) is 0 Å². The summed E-state index contributed by atoms with van der Waals surface area (Å²) in [6.07, 6.45) is 56.7. The Morgan fingerprint density at radius 1 is 0.368 bits per heavy atom. The SMILES string of the molecule is CCCCCCCCCCCCCCCCCCCCCCCCCCC(=O)NC(CO)C(O)C(O)CCCCCCCCCCCCCCCCCCCCC. The normalized spacial score (nSPS) is 13.3. The highest BCUT2D eigenvalue weighted by molar-refractivity contribution is 5.76. The molecule has 5 nitrogen and oxygen atoms in total. The first-order chi connectivity index (χ1) is 28.1. The number of aliphatic hydroxyl groups is 3. The Labute approximate surface area is 357 Å². The molecular weight excluding hydrogens is 703 g/mol. The third-order valence-corrected chi connectivity index (χ3v) is 12.7. The third-order valence-electron chi connectivity index (χ3n) is 12.7. The molecule has 0 aliphatic heterocycles. The highest BCUT2D eigenvalue weighted by atomic mass is 16.3. The monoisotopic (exact) mass is 808 g/mol. The average Bonchev–Trinajstić information content (AvgIpc) is 3.22. The largest absolute Gasteiger partial charge is 0.394 e. The molecule has 0 aromatic carbocycles. The van der Waals surface area contributed by atoms with Gasteiger partial charge in [0.25, 0.3) is 0 Å². The second-order valence-corrected chi connectivity index (χ2v) is 18.4. The zero-order valence-electron chi connectivity index (χ0n) is 39.0. The molecule has 0 saturated heterocycles. The lowest BCUT2D eigenvalue weighted by Crippen LogP contribution is -2.50. The topological polar surface area (TPSA) is 89.8 Å². The number of unbranched alkanes of at least 4 members (excludes halogenated alkanes) is 41. The predicted molar refractivity (Wildman–Crippen MR) is 250 cm³/mol. The fourth-order valence-electron chi connectivity index (χ4n) is 8.64. The van der Waals surface area contributed by atoms with Crippen molar-refractivity contribution in [3.63, 3.8) is 0 Å². The molecule has 3 atom stereocenters. The summed E-state index contributed by atoms with van der Waals surface area (Å²) in [4.78, 5) is 12.5. The van der Waals surface area contributed by atoms with Crippen LogP contribution in [-0.2, 0) is 4.79 Å². The molecule has 0 aliphatic rings. The van der Waals surface area contributed by atoms with Crippen LogP contribution >= 0.6 is 0 Å². The Balaban J connectivity index is 3.51. The van der Waals surface area contributed by atoms with Crippen LogP contribution in [0.15, 0.2) is 0 Å². The van der Waals surface area contributed by atoms with Gasteiger partial charge in [0.15, 0.2) is 0 Å². The molecule has 0 saturated carbocycles. The number of hydrogen-bond acceptors (Lipinski definition) is 4. The maximum absolute atomic E-state index is 12.5. The van der Waals surface area contributed by atoms with Crippen LogP contribution in [0.25, 0.3) is 0 Å². The molecule has 0 fully saturated rings. The van der Waals surface area contributed by atoms with Crippen molar-refractivity contribution >= 4 is 5.91 Å². The van der Waals surface area contributed by atoms with Crippen LogP contribution in [0, 0.1) is 0 Å². The van der Waals surface area contributed by atoms with Crippen molar-refractivity contribution in [3.05, 3.63) is 0 Å². The van der Waals surface area contributed by atoms with Crippen molar-refractivity contribution in [3.8, 4) is 0 Å². The Morgan fingerprint density at radius 3 is 0.842 bits per heavy atom. The van der Waals surface area contributed by atoms with Crippen molar-refractivity contribution in [2.45, 2.75) is 321 Å². The van der Waals surface area contributed by atoms with Gasteiger partial charge in [0, 0.05) is 6.42 Å².